The van der Waals surface area contributed by atoms with Crippen molar-refractivity contribution in [2.45, 2.75) is 6.54 Å². The third-order valence-electron chi connectivity index (χ3n) is 7.09. The number of nitrogens with one attached hydrogen (secondary N) is 5. The molecule has 2 amide bonds. The molecular formula is C36H30Cl2N10O2. The molecule has 50 heavy (non-hydrogen) atoms. The molecule has 5 aromatic heterocycles. The zero-order valence-corrected chi connectivity index (χ0v) is 27.8. The van der Waals surface area contributed by atoms with Gasteiger partial charge in [0.15, 0.2) is 0 Å². The molecule has 0 aliphatic carbocycles. The first-order chi connectivity index (χ1) is 24.0. The fraction of sp³-hybridized carbons (Fsp3) is 0.0278. The summed E-state index contributed by atoms with van der Waals surface area (Å²) in [7, 11) is 0. The number of aromatic nitrogens is 7. The van der Waals surface area contributed by atoms with Crippen LogP contribution >= 0.6 is 24.0 Å². The first-order valence-corrected chi connectivity index (χ1v) is 15.4. The van der Waals surface area contributed by atoms with Gasteiger partial charge in [0, 0.05) is 78.6 Å². The van der Waals surface area contributed by atoms with E-state index in [4.69, 9.17) is 11.6 Å². The van der Waals surface area contributed by atoms with Gasteiger partial charge in [0.25, 0.3) is 11.8 Å². The van der Waals surface area contributed by atoms with Crippen molar-refractivity contribution in [3.8, 4) is 22.8 Å². The summed E-state index contributed by atoms with van der Waals surface area (Å²) < 4.78 is 0. The molecule has 7 rings (SSSR count). The van der Waals surface area contributed by atoms with Crippen LogP contribution in [-0.4, -0.2) is 46.7 Å². The van der Waals surface area contributed by atoms with Crippen molar-refractivity contribution in [2.24, 2.45) is 0 Å². The lowest BCUT2D eigenvalue weighted by Gasteiger charge is -2.11. The number of halogens is 2. The molecule has 5 N–H and O–H groups in total. The lowest BCUT2D eigenvalue weighted by atomic mass is 10.2. The van der Waals surface area contributed by atoms with Crippen molar-refractivity contribution < 1.29 is 9.59 Å². The molecule has 0 aliphatic heterocycles. The Morgan fingerprint density at radius 3 is 1.64 bits per heavy atom. The molecule has 0 radical (unpaired) electrons. The quantitative estimate of drug-likeness (QED) is 0.0962. The minimum atomic E-state index is -0.293. The lowest BCUT2D eigenvalue weighted by molar-refractivity contribution is 0.101. The molecule has 12 nitrogen and oxygen atoms in total. The number of H-pyrrole nitrogens is 2. The number of amides is 2. The van der Waals surface area contributed by atoms with E-state index < -0.39 is 0 Å². The van der Waals surface area contributed by atoms with Crippen molar-refractivity contribution >= 4 is 53.0 Å². The highest BCUT2D eigenvalue weighted by Gasteiger charge is 2.13. The zero-order valence-electron chi connectivity index (χ0n) is 26.2. The van der Waals surface area contributed by atoms with E-state index in [0.29, 0.717) is 34.9 Å². The van der Waals surface area contributed by atoms with Gasteiger partial charge in [0.05, 0.1) is 11.1 Å². The molecule has 14 heteroatoms. The van der Waals surface area contributed by atoms with E-state index in [1.54, 1.807) is 79.8 Å². The van der Waals surface area contributed by atoms with Crippen LogP contribution in [0.15, 0.2) is 135 Å². The third-order valence-corrected chi connectivity index (χ3v) is 7.40. The summed E-state index contributed by atoms with van der Waals surface area (Å²) >= 11 is 5.89. The minimum absolute atomic E-state index is 0. The van der Waals surface area contributed by atoms with Crippen LogP contribution in [0.2, 0.25) is 5.15 Å². The maximum atomic E-state index is 12.7. The molecule has 0 spiro atoms. The molecule has 250 valence electrons. The predicted molar refractivity (Wildman–Crippen MR) is 196 cm³/mol. The fourth-order valence-electron chi connectivity index (χ4n) is 4.64. The van der Waals surface area contributed by atoms with Crippen molar-refractivity contribution in [3.05, 3.63) is 156 Å². The number of aromatic amines is 2. The van der Waals surface area contributed by atoms with E-state index in [-0.39, 0.29) is 29.4 Å². The topological polar surface area (TPSA) is 166 Å². The second-order valence-corrected chi connectivity index (χ2v) is 10.7. The van der Waals surface area contributed by atoms with Crippen LogP contribution in [0, 0.1) is 0 Å². The number of benzene rings is 2. The van der Waals surface area contributed by atoms with Gasteiger partial charge in [0.1, 0.15) is 22.6 Å². The minimum Gasteiger partial charge on any atom is -0.365 e. The van der Waals surface area contributed by atoms with Gasteiger partial charge in [-0.2, -0.15) is 0 Å². The lowest BCUT2D eigenvalue weighted by Crippen LogP contribution is -2.15. The zero-order chi connectivity index (χ0) is 33.8. The highest BCUT2D eigenvalue weighted by Crippen LogP contribution is 2.21. The van der Waals surface area contributed by atoms with E-state index >= 15 is 0 Å². The number of carbonyl (C=O) groups excluding carboxylic acids is 2. The van der Waals surface area contributed by atoms with Gasteiger partial charge in [0.2, 0.25) is 0 Å². The Bertz CT molecular complexity index is 2110. The summed E-state index contributed by atoms with van der Waals surface area (Å²) in [6, 6.07) is 25.5. The number of rotatable bonds is 9. The van der Waals surface area contributed by atoms with Crippen LogP contribution in [0.1, 0.15) is 26.3 Å². The molecule has 7 aromatic rings. The van der Waals surface area contributed by atoms with Crippen molar-refractivity contribution in [2.75, 3.05) is 16.0 Å². The Morgan fingerprint density at radius 2 is 1.12 bits per heavy atom. The molecule has 0 fully saturated rings. The molecule has 0 saturated heterocycles. The molecule has 2 aromatic carbocycles. The number of pyridine rings is 3. The first-order valence-electron chi connectivity index (χ1n) is 15.0. The van der Waals surface area contributed by atoms with Gasteiger partial charge < -0.3 is 25.9 Å². The number of hydrogen-bond acceptors (Lipinski definition) is 8. The van der Waals surface area contributed by atoms with Crippen molar-refractivity contribution in [1.82, 2.24) is 34.9 Å². The number of imidazole rings is 2. The van der Waals surface area contributed by atoms with Gasteiger partial charge in [-0.3, -0.25) is 14.6 Å². The third kappa shape index (κ3) is 9.16. The smallest absolute Gasteiger partial charge is 0.259 e. The SMILES string of the molecule is Cl.O=C(Nc1ccc(-c2ncc[nH]2)cc1)c1cccnc1Cl.O=C(Nc1ccc(-c2ncc[nH]2)cc1)c1cccnc1NCc1ccncc1. The Kier molecular flexibility index (Phi) is 12.0. The maximum absolute atomic E-state index is 12.7. The Hall–Kier alpha value is -6.37. The van der Waals surface area contributed by atoms with Crippen LogP contribution in [-0.2, 0) is 6.54 Å². The molecular weight excluding hydrogens is 675 g/mol. The van der Waals surface area contributed by atoms with Gasteiger partial charge >= 0.3 is 0 Å². The Balaban J connectivity index is 0.000000198. The number of nitrogens with zero attached hydrogens (tertiary/aromatic N) is 5. The maximum Gasteiger partial charge on any atom is 0.259 e. The van der Waals surface area contributed by atoms with Gasteiger partial charge in [-0.15, -0.1) is 12.4 Å². The van der Waals surface area contributed by atoms with Crippen molar-refractivity contribution in [3.63, 3.8) is 0 Å². The molecule has 5 heterocycles. The molecule has 0 atom stereocenters. The summed E-state index contributed by atoms with van der Waals surface area (Å²) in [5.41, 5.74) is 5.14. The average Bonchev–Trinajstić information content (AvgIpc) is 3.89. The van der Waals surface area contributed by atoms with Crippen LogP contribution < -0.4 is 16.0 Å². The highest BCUT2D eigenvalue weighted by atomic mass is 35.5. The fourth-order valence-corrected chi connectivity index (χ4v) is 4.84. The largest absolute Gasteiger partial charge is 0.365 e. The van der Waals surface area contributed by atoms with Crippen LogP contribution in [0.25, 0.3) is 22.8 Å². The second kappa shape index (κ2) is 17.2. The number of anilines is 3. The summed E-state index contributed by atoms with van der Waals surface area (Å²) in [6.45, 7) is 0.553. The van der Waals surface area contributed by atoms with Gasteiger partial charge in [-0.05, 0) is 90.5 Å². The summed E-state index contributed by atoms with van der Waals surface area (Å²) in [5.74, 6) is 1.58. The summed E-state index contributed by atoms with van der Waals surface area (Å²) in [6.07, 6.45) is 13.6. The van der Waals surface area contributed by atoms with Gasteiger partial charge in [-0.1, -0.05) is 11.6 Å². The first kappa shape index (κ1) is 35.0. The highest BCUT2D eigenvalue weighted by molar-refractivity contribution is 6.33. The summed E-state index contributed by atoms with van der Waals surface area (Å²) in [5, 5.41) is 9.08. The van der Waals surface area contributed by atoms with E-state index in [1.165, 1.54) is 6.20 Å². The number of carbonyl (C=O) groups is 2. The van der Waals surface area contributed by atoms with Crippen LogP contribution in [0.4, 0.5) is 17.2 Å². The average molecular weight is 706 g/mol. The Morgan fingerprint density at radius 1 is 0.600 bits per heavy atom. The van der Waals surface area contributed by atoms with Crippen LogP contribution in [0.3, 0.4) is 0 Å². The Labute approximate surface area is 298 Å². The van der Waals surface area contributed by atoms with E-state index in [9.17, 15) is 9.59 Å². The standard InChI is InChI=1S/C21H18N6O.C15H11ClN4O.ClH/c28-21(27-17-5-3-16(4-6-17)19-24-12-13-25-19)18-2-1-9-23-20(18)26-14-15-7-10-22-11-8-15;16-13-12(2-1-7-17-13)15(21)20-11-5-3-10(4-6-11)14-18-8-9-19-14;/h1-13H,14H2,(H,23,26)(H,24,25)(H,27,28);1-9H,(H,18,19)(H,20,21);1H. The van der Waals surface area contributed by atoms with Gasteiger partial charge in [-0.25, -0.2) is 19.9 Å². The number of hydrogen-bond donors (Lipinski definition) is 5. The molecule has 0 saturated carbocycles. The van der Waals surface area contributed by atoms with E-state index in [1.807, 2.05) is 48.5 Å². The monoisotopic (exact) mass is 704 g/mol. The molecule has 0 aliphatic rings. The summed E-state index contributed by atoms with van der Waals surface area (Å²) in [4.78, 5) is 51.5. The second-order valence-electron chi connectivity index (χ2n) is 10.4. The molecule has 0 unspecified atom stereocenters. The van der Waals surface area contributed by atoms with E-state index in [2.05, 4.69) is 50.8 Å². The van der Waals surface area contributed by atoms with E-state index in [0.717, 1.165) is 28.3 Å². The normalized spacial score (nSPS) is 10.2. The van der Waals surface area contributed by atoms with Crippen molar-refractivity contribution in [1.29, 1.82) is 0 Å². The molecule has 0 bridgehead atoms. The predicted octanol–water partition coefficient (Wildman–Crippen LogP) is 7.53. The van der Waals surface area contributed by atoms with Crippen LogP contribution in [0.5, 0.6) is 0 Å².